The zero-order chi connectivity index (χ0) is 20.5. The van der Waals surface area contributed by atoms with Gasteiger partial charge in [-0.05, 0) is 49.7 Å². The van der Waals surface area contributed by atoms with Crippen LogP contribution in [0.2, 0.25) is 10.0 Å². The Morgan fingerprint density at radius 3 is 2.79 bits per heavy atom. The van der Waals surface area contributed by atoms with E-state index in [0.29, 0.717) is 21.5 Å². The molecule has 4 rings (SSSR count). The Morgan fingerprint density at radius 1 is 1.24 bits per heavy atom. The summed E-state index contributed by atoms with van der Waals surface area (Å²) >= 11 is 13.7. The zero-order valence-corrected chi connectivity index (χ0v) is 18.1. The van der Waals surface area contributed by atoms with Gasteiger partial charge in [0, 0.05) is 21.6 Å². The molecule has 3 heterocycles. The summed E-state index contributed by atoms with van der Waals surface area (Å²) in [4.78, 5) is 18.6. The van der Waals surface area contributed by atoms with Crippen molar-refractivity contribution in [2.24, 2.45) is 0 Å². The summed E-state index contributed by atoms with van der Waals surface area (Å²) < 4.78 is 1.88. The van der Waals surface area contributed by atoms with E-state index in [1.807, 2.05) is 54.9 Å². The second-order valence-corrected chi connectivity index (χ2v) is 8.63. The lowest BCUT2D eigenvalue weighted by Gasteiger charge is -2.12. The number of aryl methyl sites for hydroxylation is 1. The van der Waals surface area contributed by atoms with Crippen molar-refractivity contribution in [2.45, 2.75) is 26.4 Å². The van der Waals surface area contributed by atoms with Crippen LogP contribution in [0.3, 0.4) is 0 Å². The molecule has 29 heavy (non-hydrogen) atoms. The first-order chi connectivity index (χ1) is 13.9. The standard InChI is InChI=1S/C21H18Cl2N4OS/c1-12-16-10-19(20(28)25-13(2)18-5-3-4-8-24-18)29-21(16)27(26-12)11-14-6-7-15(22)9-17(14)23/h3-10,13H,11H2,1-2H3,(H,25,28). The van der Waals surface area contributed by atoms with Crippen molar-refractivity contribution < 1.29 is 4.79 Å². The van der Waals surface area contributed by atoms with Gasteiger partial charge in [-0.3, -0.25) is 14.5 Å². The van der Waals surface area contributed by atoms with Crippen LogP contribution in [0.25, 0.3) is 10.2 Å². The highest BCUT2D eigenvalue weighted by Gasteiger charge is 2.19. The lowest BCUT2D eigenvalue weighted by atomic mass is 10.2. The maximum absolute atomic E-state index is 12.8. The highest BCUT2D eigenvalue weighted by molar-refractivity contribution is 7.20. The second-order valence-electron chi connectivity index (χ2n) is 6.76. The van der Waals surface area contributed by atoms with Crippen LogP contribution in [0.5, 0.6) is 0 Å². The first-order valence-electron chi connectivity index (χ1n) is 9.05. The number of amides is 1. The summed E-state index contributed by atoms with van der Waals surface area (Å²) in [7, 11) is 0. The number of fused-ring (bicyclic) bond motifs is 1. The first-order valence-corrected chi connectivity index (χ1v) is 10.6. The number of halogens is 2. The van der Waals surface area contributed by atoms with E-state index in [4.69, 9.17) is 23.2 Å². The molecule has 8 heteroatoms. The highest BCUT2D eigenvalue weighted by atomic mass is 35.5. The fourth-order valence-corrected chi connectivity index (χ4v) is 4.65. The molecule has 0 aliphatic heterocycles. The summed E-state index contributed by atoms with van der Waals surface area (Å²) in [5.41, 5.74) is 2.61. The van der Waals surface area contributed by atoms with E-state index in [2.05, 4.69) is 15.4 Å². The van der Waals surface area contributed by atoms with E-state index in [1.54, 1.807) is 12.3 Å². The molecule has 0 saturated carbocycles. The minimum atomic E-state index is -0.181. The van der Waals surface area contributed by atoms with Gasteiger partial charge in [-0.2, -0.15) is 5.10 Å². The maximum atomic E-state index is 12.8. The third kappa shape index (κ3) is 4.15. The topological polar surface area (TPSA) is 59.8 Å². The maximum Gasteiger partial charge on any atom is 0.261 e. The number of carbonyl (C=O) groups is 1. The monoisotopic (exact) mass is 444 g/mol. The molecule has 0 fully saturated rings. The number of hydrogen-bond acceptors (Lipinski definition) is 4. The van der Waals surface area contributed by atoms with Crippen LogP contribution in [-0.2, 0) is 6.54 Å². The van der Waals surface area contributed by atoms with E-state index in [9.17, 15) is 4.79 Å². The number of thiophene rings is 1. The lowest BCUT2D eigenvalue weighted by Crippen LogP contribution is -2.26. The van der Waals surface area contributed by atoms with Crippen molar-refractivity contribution in [2.75, 3.05) is 0 Å². The number of aromatic nitrogens is 3. The summed E-state index contributed by atoms with van der Waals surface area (Å²) in [5.74, 6) is -0.125. The molecule has 0 aliphatic rings. The van der Waals surface area contributed by atoms with Gasteiger partial charge in [0.2, 0.25) is 0 Å². The molecule has 1 unspecified atom stereocenters. The average Bonchev–Trinajstić information content (AvgIpc) is 3.26. The molecule has 148 valence electrons. The highest BCUT2D eigenvalue weighted by Crippen LogP contribution is 2.30. The number of nitrogens with zero attached hydrogens (tertiary/aromatic N) is 3. The smallest absolute Gasteiger partial charge is 0.261 e. The predicted molar refractivity (Wildman–Crippen MR) is 118 cm³/mol. The number of nitrogens with one attached hydrogen (secondary N) is 1. The van der Waals surface area contributed by atoms with E-state index >= 15 is 0 Å². The van der Waals surface area contributed by atoms with Gasteiger partial charge >= 0.3 is 0 Å². The van der Waals surface area contributed by atoms with Crippen molar-refractivity contribution in [3.05, 3.63) is 80.5 Å². The molecule has 1 N–H and O–H groups in total. The van der Waals surface area contributed by atoms with Crippen LogP contribution < -0.4 is 5.32 Å². The largest absolute Gasteiger partial charge is 0.343 e. The molecule has 0 aliphatic carbocycles. The summed E-state index contributed by atoms with van der Waals surface area (Å²) in [6.07, 6.45) is 1.72. The van der Waals surface area contributed by atoms with Crippen molar-refractivity contribution in [1.29, 1.82) is 0 Å². The Kier molecular flexibility index (Phi) is 5.58. The molecule has 1 aromatic carbocycles. The fraction of sp³-hybridized carbons (Fsp3) is 0.190. The third-order valence-electron chi connectivity index (χ3n) is 4.65. The number of carbonyl (C=O) groups excluding carboxylic acids is 1. The first kappa shape index (κ1) is 19.9. The molecule has 0 radical (unpaired) electrons. The lowest BCUT2D eigenvalue weighted by molar-refractivity contribution is 0.0943. The average molecular weight is 445 g/mol. The molecule has 5 nitrogen and oxygen atoms in total. The second kappa shape index (κ2) is 8.14. The van der Waals surface area contributed by atoms with Gasteiger partial charge in [-0.15, -0.1) is 11.3 Å². The van der Waals surface area contributed by atoms with E-state index < -0.39 is 0 Å². The van der Waals surface area contributed by atoms with Crippen LogP contribution in [0.1, 0.15) is 39.6 Å². The Morgan fingerprint density at radius 2 is 2.07 bits per heavy atom. The number of pyridine rings is 1. The molecule has 4 aromatic rings. The molecule has 0 saturated heterocycles. The molecule has 0 bridgehead atoms. The number of rotatable bonds is 5. The van der Waals surface area contributed by atoms with Gasteiger partial charge in [-0.1, -0.05) is 35.3 Å². The minimum Gasteiger partial charge on any atom is -0.343 e. The molecular formula is C21H18Cl2N4OS. The third-order valence-corrected chi connectivity index (χ3v) is 6.38. The Bertz CT molecular complexity index is 1190. The normalized spacial score (nSPS) is 12.3. The van der Waals surface area contributed by atoms with Crippen LogP contribution in [0, 0.1) is 6.92 Å². The van der Waals surface area contributed by atoms with E-state index in [0.717, 1.165) is 27.2 Å². The van der Waals surface area contributed by atoms with E-state index in [-0.39, 0.29) is 11.9 Å². The van der Waals surface area contributed by atoms with Crippen LogP contribution in [0.4, 0.5) is 0 Å². The van der Waals surface area contributed by atoms with Crippen molar-refractivity contribution >= 4 is 50.7 Å². The summed E-state index contributed by atoms with van der Waals surface area (Å²) in [6, 6.07) is 12.8. The summed E-state index contributed by atoms with van der Waals surface area (Å²) in [6.45, 7) is 4.36. The molecular weight excluding hydrogens is 427 g/mol. The van der Waals surface area contributed by atoms with Crippen LogP contribution in [0.15, 0.2) is 48.7 Å². The van der Waals surface area contributed by atoms with Gasteiger partial charge in [0.15, 0.2) is 0 Å². The minimum absolute atomic E-state index is 0.125. The van der Waals surface area contributed by atoms with Gasteiger partial charge in [0.25, 0.3) is 5.91 Å². The Hall–Kier alpha value is -2.41. The van der Waals surface area contributed by atoms with Gasteiger partial charge in [-0.25, -0.2) is 0 Å². The van der Waals surface area contributed by atoms with Crippen molar-refractivity contribution in [3.8, 4) is 0 Å². The van der Waals surface area contributed by atoms with Gasteiger partial charge in [0.1, 0.15) is 4.83 Å². The number of hydrogen-bond donors (Lipinski definition) is 1. The molecule has 1 atom stereocenters. The molecule has 3 aromatic heterocycles. The molecule has 0 spiro atoms. The Balaban J connectivity index is 1.59. The van der Waals surface area contributed by atoms with Gasteiger partial charge < -0.3 is 5.32 Å². The van der Waals surface area contributed by atoms with Crippen molar-refractivity contribution in [1.82, 2.24) is 20.1 Å². The fourth-order valence-electron chi connectivity index (χ4n) is 3.12. The van der Waals surface area contributed by atoms with Crippen LogP contribution >= 0.6 is 34.5 Å². The summed E-state index contributed by atoms with van der Waals surface area (Å²) in [5, 5.41) is 9.78. The zero-order valence-electron chi connectivity index (χ0n) is 15.8. The van der Waals surface area contributed by atoms with Gasteiger partial charge in [0.05, 0.1) is 28.9 Å². The molecule has 1 amide bonds. The quantitative estimate of drug-likeness (QED) is 0.432. The van der Waals surface area contributed by atoms with Crippen molar-refractivity contribution in [3.63, 3.8) is 0 Å². The van der Waals surface area contributed by atoms with E-state index in [1.165, 1.54) is 11.3 Å². The number of benzene rings is 1. The van der Waals surface area contributed by atoms with Crippen LogP contribution in [-0.4, -0.2) is 20.7 Å². The predicted octanol–water partition coefficient (Wildman–Crippen LogP) is 5.65. The SMILES string of the molecule is Cc1nn(Cc2ccc(Cl)cc2Cl)c2sc(C(=O)NC(C)c3ccccn3)cc12. The Labute approximate surface area is 182 Å².